The molecule has 0 bridgehead atoms. The van der Waals surface area contributed by atoms with Gasteiger partial charge in [-0.3, -0.25) is 14.4 Å². The number of carbonyl (C=O) groups is 3. The topological polar surface area (TPSA) is 101 Å². The van der Waals surface area contributed by atoms with Gasteiger partial charge in [-0.1, -0.05) is 37.7 Å². The monoisotopic (exact) mass is 506 g/mol. The van der Waals surface area contributed by atoms with E-state index in [0.29, 0.717) is 37.7 Å². The van der Waals surface area contributed by atoms with Crippen LogP contribution < -0.4 is 0 Å². The van der Waals surface area contributed by atoms with Crippen molar-refractivity contribution in [3.05, 3.63) is 23.8 Å². The quantitative estimate of drug-likeness (QED) is 0.309. The van der Waals surface area contributed by atoms with Crippen LogP contribution in [-0.4, -0.2) is 57.1 Å². The van der Waals surface area contributed by atoms with Crippen molar-refractivity contribution in [1.82, 2.24) is 0 Å². The number of halogens is 1. The zero-order valence-electron chi connectivity index (χ0n) is 20.6. The van der Waals surface area contributed by atoms with Crippen LogP contribution in [0.25, 0.3) is 0 Å². The molecule has 192 valence electrons. The molecule has 0 saturated heterocycles. The second kappa shape index (κ2) is 8.96. The first kappa shape index (κ1) is 26.3. The van der Waals surface area contributed by atoms with Gasteiger partial charge in [-0.05, 0) is 74.8 Å². The van der Waals surface area contributed by atoms with E-state index in [1.54, 1.807) is 26.8 Å². The van der Waals surface area contributed by atoms with Crippen molar-refractivity contribution >= 4 is 35.1 Å². The minimum absolute atomic E-state index is 0.107. The highest BCUT2D eigenvalue weighted by molar-refractivity contribution is 7.78. The Morgan fingerprint density at radius 3 is 2.71 bits per heavy atom. The van der Waals surface area contributed by atoms with Crippen molar-refractivity contribution in [2.75, 3.05) is 6.61 Å². The van der Waals surface area contributed by atoms with E-state index >= 15 is 4.39 Å². The Kier molecular flexibility index (Phi) is 6.73. The van der Waals surface area contributed by atoms with E-state index in [2.05, 4.69) is 0 Å². The summed E-state index contributed by atoms with van der Waals surface area (Å²) in [5.74, 6) is -2.78. The van der Waals surface area contributed by atoms with E-state index in [0.717, 1.165) is 0 Å². The molecule has 3 fully saturated rings. The van der Waals surface area contributed by atoms with Gasteiger partial charge in [-0.15, -0.1) is 0 Å². The Hall–Kier alpha value is -1.77. The van der Waals surface area contributed by atoms with E-state index < -0.39 is 58.4 Å². The Balaban J connectivity index is 1.61. The molecule has 0 aromatic rings. The minimum atomic E-state index is -2.03. The molecule has 0 unspecified atom stereocenters. The number of ketones is 2. The molecule has 4 rings (SSSR count). The van der Waals surface area contributed by atoms with Gasteiger partial charge in [0.2, 0.25) is 5.78 Å². The average molecular weight is 507 g/mol. The number of aliphatic hydroxyl groups excluding tert-OH is 1. The lowest BCUT2D eigenvalue weighted by molar-refractivity contribution is -0.220. The van der Waals surface area contributed by atoms with Crippen LogP contribution in [0.2, 0.25) is 0 Å². The number of ether oxygens (including phenoxy) is 1. The van der Waals surface area contributed by atoms with Crippen molar-refractivity contribution in [2.45, 2.75) is 83.1 Å². The van der Waals surface area contributed by atoms with E-state index in [1.165, 1.54) is 17.5 Å². The Morgan fingerprint density at radius 2 is 2.03 bits per heavy atom. The molecule has 0 spiro atoms. The number of rotatable bonds is 7. The number of allylic oxidation sites excluding steroid dienone is 4. The van der Waals surface area contributed by atoms with Crippen molar-refractivity contribution in [2.24, 2.45) is 28.6 Å². The zero-order chi connectivity index (χ0) is 25.8. The van der Waals surface area contributed by atoms with Gasteiger partial charge in [-0.2, -0.15) is 0 Å². The zero-order valence-corrected chi connectivity index (χ0v) is 21.4. The summed E-state index contributed by atoms with van der Waals surface area (Å²) in [5.41, 5.74) is -5.41. The van der Waals surface area contributed by atoms with Crippen LogP contribution in [0.3, 0.4) is 0 Å². The van der Waals surface area contributed by atoms with Gasteiger partial charge < -0.3 is 14.9 Å². The molecule has 35 heavy (non-hydrogen) atoms. The highest BCUT2D eigenvalue weighted by Gasteiger charge is 2.75. The van der Waals surface area contributed by atoms with Crippen LogP contribution in [0, 0.1) is 28.6 Å². The smallest absolute Gasteiger partial charge is 0.306 e. The minimum Gasteiger partial charge on any atom is -0.458 e. The van der Waals surface area contributed by atoms with Crippen LogP contribution in [0.5, 0.6) is 0 Å². The summed E-state index contributed by atoms with van der Waals surface area (Å²) >= 11 is 4.75. The molecule has 3 saturated carbocycles. The lowest BCUT2D eigenvalue weighted by atomic mass is 9.44. The largest absolute Gasteiger partial charge is 0.458 e. The van der Waals surface area contributed by atoms with Gasteiger partial charge >= 0.3 is 5.97 Å². The maximum atomic E-state index is 17.1. The second-order valence-corrected chi connectivity index (χ2v) is 11.6. The summed E-state index contributed by atoms with van der Waals surface area (Å²) in [6.45, 7) is 4.70. The number of esters is 1. The first-order valence-corrected chi connectivity index (χ1v) is 13.0. The Bertz CT molecular complexity index is 1010. The van der Waals surface area contributed by atoms with Crippen LogP contribution in [0.15, 0.2) is 23.8 Å². The molecule has 8 heteroatoms. The van der Waals surface area contributed by atoms with Crippen LogP contribution in [0.4, 0.5) is 4.39 Å². The number of fused-ring (bicyclic) bond motifs is 5. The summed E-state index contributed by atoms with van der Waals surface area (Å²) in [6.07, 6.45) is 5.48. The van der Waals surface area contributed by atoms with Gasteiger partial charge in [-0.25, -0.2) is 4.39 Å². The van der Waals surface area contributed by atoms with Crippen molar-refractivity contribution in [3.8, 4) is 0 Å². The maximum absolute atomic E-state index is 17.1. The third kappa shape index (κ3) is 3.62. The lowest BCUT2D eigenvalue weighted by Gasteiger charge is -2.62. The first-order chi connectivity index (χ1) is 16.4. The average Bonchev–Trinajstić information content (AvgIpc) is 3.00. The molecule has 0 heterocycles. The number of aliphatic hydroxyl groups is 2. The van der Waals surface area contributed by atoms with E-state index in [9.17, 15) is 24.6 Å². The van der Waals surface area contributed by atoms with Crippen molar-refractivity contribution in [1.29, 1.82) is 0 Å². The van der Waals surface area contributed by atoms with E-state index in [4.69, 9.17) is 17.0 Å². The van der Waals surface area contributed by atoms with Crippen molar-refractivity contribution in [3.63, 3.8) is 0 Å². The molecule has 6 nitrogen and oxygen atoms in total. The van der Waals surface area contributed by atoms with Gasteiger partial charge in [0.25, 0.3) is 0 Å². The Labute approximate surface area is 211 Å². The number of hydrogen-bond acceptors (Lipinski definition) is 7. The Morgan fingerprint density at radius 1 is 1.31 bits per heavy atom. The van der Waals surface area contributed by atoms with E-state index in [1.807, 2.05) is 0 Å². The van der Waals surface area contributed by atoms with Gasteiger partial charge in [0, 0.05) is 23.2 Å². The number of Topliss-reactive ketones (excluding diaryl/α,β-unsaturated/α-hetero) is 1. The predicted molar refractivity (Wildman–Crippen MR) is 131 cm³/mol. The number of thiocarbonyl (C=S) groups is 1. The van der Waals surface area contributed by atoms with Gasteiger partial charge in [0.15, 0.2) is 18.1 Å². The fraction of sp³-hybridized carbons (Fsp3) is 0.704. The molecule has 0 aromatic carbocycles. The normalized spacial score (nSPS) is 44.1. The molecule has 0 amide bonds. The van der Waals surface area contributed by atoms with E-state index in [-0.39, 0.29) is 24.5 Å². The highest BCUT2D eigenvalue weighted by Crippen LogP contribution is 2.70. The molecule has 0 aliphatic heterocycles. The lowest BCUT2D eigenvalue weighted by Crippen LogP contribution is -2.69. The molecule has 4 aliphatic carbocycles. The number of hydrogen-bond donors (Lipinski definition) is 2. The van der Waals surface area contributed by atoms with Crippen LogP contribution in [-0.2, 0) is 19.1 Å². The SMILES string of the molecule is C[C@@H]1C[C@H]2[C@@H]3CCC4=CC(=O)C=C[C@]4(C)[C@@]3(F)[C@@H](O)C[C@]2(C)[C@@]1(O)C(=O)COC(=O)CCCC=S. The molecule has 0 aromatic heterocycles. The third-order valence-electron chi connectivity index (χ3n) is 9.71. The molecule has 2 N–H and O–H groups in total. The third-order valence-corrected chi connectivity index (χ3v) is 9.95. The highest BCUT2D eigenvalue weighted by atomic mass is 32.1. The maximum Gasteiger partial charge on any atom is 0.306 e. The summed E-state index contributed by atoms with van der Waals surface area (Å²) < 4.78 is 22.3. The second-order valence-electron chi connectivity index (χ2n) is 11.3. The van der Waals surface area contributed by atoms with Crippen LogP contribution in [0.1, 0.15) is 65.7 Å². The van der Waals surface area contributed by atoms with Crippen LogP contribution >= 0.6 is 12.2 Å². The summed E-state index contributed by atoms with van der Waals surface area (Å²) in [4.78, 5) is 37.4. The summed E-state index contributed by atoms with van der Waals surface area (Å²) in [6, 6.07) is 0. The first-order valence-electron chi connectivity index (χ1n) is 12.5. The molecule has 0 radical (unpaired) electrons. The standard InChI is InChI=1S/C27H35FO6S/c1-16-12-20-19-8-7-17-13-18(29)9-10-24(17,2)26(19,28)21(30)14-25(20,3)27(16,33)22(31)15-34-23(32)6-4-5-11-35/h9-11,13,16,19-21,30,33H,4-8,12,14-15H2,1-3H3/t16-,19+,20+,21+,24+,25+,26+,27+/m1/s1. The molecular formula is C27H35FO6S. The van der Waals surface area contributed by atoms with Gasteiger partial charge in [0.05, 0.1) is 6.10 Å². The molecular weight excluding hydrogens is 471 g/mol. The number of unbranched alkanes of at least 4 members (excludes halogenated alkanes) is 1. The number of alkyl halides is 1. The predicted octanol–water partition coefficient (Wildman–Crippen LogP) is 3.62. The molecule has 8 atom stereocenters. The number of carbonyl (C=O) groups excluding carboxylic acids is 3. The fourth-order valence-electron chi connectivity index (χ4n) is 7.80. The van der Waals surface area contributed by atoms with Crippen molar-refractivity contribution < 1.29 is 33.7 Å². The fourth-order valence-corrected chi connectivity index (χ4v) is 7.97. The van der Waals surface area contributed by atoms with Gasteiger partial charge in [0.1, 0.15) is 5.60 Å². The summed E-state index contributed by atoms with van der Waals surface area (Å²) in [7, 11) is 0. The summed E-state index contributed by atoms with van der Waals surface area (Å²) in [5, 5.41) is 24.7. The molecule has 4 aliphatic rings.